The SMILES string of the molecule is Clc1ncnc2[nH]ncc12.Cn1cc2c(Cl)ncnc2n1.Cn1ncc2c(Cl)ncnc21.[2H]C.[2H][2H]. The summed E-state index contributed by atoms with van der Waals surface area (Å²) in [5, 5.41) is 18.1. The van der Waals surface area contributed by atoms with Crippen molar-refractivity contribution in [2.45, 2.75) is 7.40 Å². The Balaban J connectivity index is 0.000000178. The van der Waals surface area contributed by atoms with Crippen molar-refractivity contribution in [1.29, 1.82) is 0 Å². The van der Waals surface area contributed by atoms with Crippen LogP contribution in [0.25, 0.3) is 33.1 Å². The van der Waals surface area contributed by atoms with Gasteiger partial charge in [0.05, 0.1) is 28.6 Å². The molecule has 0 atom stereocenters. The summed E-state index contributed by atoms with van der Waals surface area (Å²) in [7, 11) is 4.88. The summed E-state index contributed by atoms with van der Waals surface area (Å²) in [5.41, 5.74) is 2.05. The maximum Gasteiger partial charge on any atom is 0.185 e. The highest BCUT2D eigenvalue weighted by Gasteiger charge is 2.04. The normalized spacial score (nSPS) is 10.8. The Hall–Kier alpha value is -3.48. The van der Waals surface area contributed by atoms with Crippen LogP contribution in [-0.2, 0) is 14.1 Å². The minimum atomic E-state index is 0.429. The lowest BCUT2D eigenvalue weighted by Gasteiger charge is -1.91. The van der Waals surface area contributed by atoms with E-state index in [9.17, 15) is 0 Å². The first-order chi connectivity index (χ1) is 17.4. The van der Waals surface area contributed by atoms with E-state index in [-0.39, 0.29) is 0 Å². The van der Waals surface area contributed by atoms with Crippen molar-refractivity contribution in [3.8, 4) is 0 Å². The molecule has 172 valence electrons. The van der Waals surface area contributed by atoms with Crippen LogP contribution in [0.1, 0.15) is 11.7 Å². The third-order valence-electron chi connectivity index (χ3n) is 4.06. The van der Waals surface area contributed by atoms with E-state index in [1.807, 2.05) is 14.1 Å². The fourth-order valence-electron chi connectivity index (χ4n) is 2.59. The fourth-order valence-corrected chi connectivity index (χ4v) is 3.13. The molecule has 6 rings (SSSR count). The van der Waals surface area contributed by atoms with Gasteiger partial charge in [0.1, 0.15) is 34.4 Å². The summed E-state index contributed by atoms with van der Waals surface area (Å²) in [5.74, 6) is 0. The molecule has 0 saturated heterocycles. The molecule has 6 heterocycles. The average Bonchev–Trinajstić information content (AvgIpc) is 3.63. The van der Waals surface area contributed by atoms with Gasteiger partial charge in [0, 0.05) is 24.6 Å². The lowest BCUT2D eigenvalue weighted by Crippen LogP contribution is -1.91. The Labute approximate surface area is 206 Å². The van der Waals surface area contributed by atoms with E-state index in [0.29, 0.717) is 26.8 Å². The molecule has 6 aromatic rings. The zero-order valence-corrected chi connectivity index (χ0v) is 19.8. The molecule has 0 bridgehead atoms. The molecule has 0 aliphatic carbocycles. The van der Waals surface area contributed by atoms with Crippen LogP contribution in [0, 0.1) is 0 Å². The van der Waals surface area contributed by atoms with Crippen LogP contribution in [0.5, 0.6) is 0 Å². The monoisotopic (exact) mass is 511 g/mol. The van der Waals surface area contributed by atoms with Crippen molar-refractivity contribution < 1.29 is 4.34 Å². The number of fused-ring (bicyclic) bond motifs is 3. The molecule has 0 amide bonds. The van der Waals surface area contributed by atoms with Gasteiger partial charge in [0.2, 0.25) is 0 Å². The Morgan fingerprint density at radius 1 is 0.879 bits per heavy atom. The Kier molecular flexibility index (Phi) is 6.75. The van der Waals surface area contributed by atoms with E-state index in [0.717, 1.165) is 21.8 Å². The zero-order chi connectivity index (χ0) is 26.7. The second-order valence-corrected chi connectivity index (χ2v) is 7.25. The number of hydrogen-bond donors (Lipinski definition) is 1. The second kappa shape index (κ2) is 10.4. The van der Waals surface area contributed by atoms with Crippen LogP contribution in [0.15, 0.2) is 37.6 Å². The second-order valence-electron chi connectivity index (χ2n) is 6.17. The standard InChI is InChI=1S/2C6H5ClN4.C5H3ClN4.CH4.H2/c1-11-2-4-5(7)8-3-9-6(4)10-11;1-11-6-4(2-10-11)5(7)8-3-9-6;6-4-3-1-9-10-5(3)8-2-7-4;;/h2*2-3H,1H3;1-2H,(H,7,8,9,10);1H4;1H/i;;;1D;1+1D. The van der Waals surface area contributed by atoms with Crippen LogP contribution in [0.3, 0.4) is 0 Å². The molecule has 6 aromatic heterocycles. The number of hydrogen-bond acceptors (Lipinski definition) is 9. The van der Waals surface area contributed by atoms with Crippen molar-refractivity contribution in [2.24, 2.45) is 14.1 Å². The van der Waals surface area contributed by atoms with Gasteiger partial charge in [-0.15, -0.1) is 0 Å². The molecule has 0 radical (unpaired) electrons. The average molecular weight is 513 g/mol. The highest BCUT2D eigenvalue weighted by Crippen LogP contribution is 2.17. The number of nitrogens with zero attached hydrogens (tertiary/aromatic N) is 11. The van der Waals surface area contributed by atoms with Gasteiger partial charge in [-0.05, 0) is 0 Å². The van der Waals surface area contributed by atoms with Gasteiger partial charge in [-0.25, -0.2) is 29.9 Å². The molecular weight excluding hydrogens is 491 g/mol. The van der Waals surface area contributed by atoms with Gasteiger partial charge in [-0.2, -0.15) is 15.3 Å². The van der Waals surface area contributed by atoms with E-state index in [1.165, 1.54) is 26.4 Å². The maximum atomic E-state index is 5.77. The molecule has 0 aliphatic rings. The Bertz CT molecular complexity index is 1510. The largest absolute Gasteiger partial charge is 0.273 e. The van der Waals surface area contributed by atoms with Gasteiger partial charge >= 0.3 is 0 Å². The first kappa shape index (κ1) is 21.4. The number of aryl methyl sites for hydroxylation is 2. The predicted octanol–water partition coefficient (Wildman–Crippen LogP) is 3.92. The van der Waals surface area contributed by atoms with Crippen molar-refractivity contribution in [3.63, 3.8) is 0 Å². The third kappa shape index (κ3) is 5.30. The first-order valence-electron chi connectivity index (χ1n) is 10.8. The minimum absolute atomic E-state index is 0.429. The molecule has 0 aliphatic heterocycles. The highest BCUT2D eigenvalue weighted by atomic mass is 35.5. The number of nitrogens with one attached hydrogen (secondary N) is 1. The van der Waals surface area contributed by atoms with E-state index in [4.69, 9.17) is 39.1 Å². The van der Waals surface area contributed by atoms with Gasteiger partial charge in [-0.3, -0.25) is 14.5 Å². The number of aromatic amines is 1. The first-order valence-corrected chi connectivity index (χ1v) is 9.95. The zero-order valence-electron chi connectivity index (χ0n) is 20.5. The molecule has 15 heteroatoms. The van der Waals surface area contributed by atoms with E-state index in [1.54, 1.807) is 28.0 Å². The molecule has 0 aromatic carbocycles. The molecule has 0 fully saturated rings. The smallest absolute Gasteiger partial charge is 0.185 e. The number of halogens is 3. The summed E-state index contributed by atoms with van der Waals surface area (Å²) in [6, 6.07) is 0. The van der Waals surface area contributed by atoms with E-state index >= 15 is 0 Å². The number of H-pyrrole nitrogens is 1. The van der Waals surface area contributed by atoms with Crippen LogP contribution in [0.4, 0.5) is 0 Å². The lowest BCUT2D eigenvalue weighted by atomic mass is 10.4. The van der Waals surface area contributed by atoms with Gasteiger partial charge in [0.25, 0.3) is 0 Å². The summed E-state index contributed by atoms with van der Waals surface area (Å²) in [4.78, 5) is 23.2. The van der Waals surface area contributed by atoms with Crippen LogP contribution < -0.4 is 0 Å². The summed E-state index contributed by atoms with van der Waals surface area (Å²) in [6.07, 6.45) is 9.25. The molecule has 33 heavy (non-hydrogen) atoms. The molecule has 0 spiro atoms. The molecule has 12 nitrogen and oxygen atoms in total. The molecule has 0 saturated carbocycles. The fraction of sp³-hybridized carbons (Fsp3) is 0.167. The maximum absolute atomic E-state index is 5.77. The summed E-state index contributed by atoms with van der Waals surface area (Å²) < 4.78 is 19.1. The van der Waals surface area contributed by atoms with Crippen LogP contribution in [0.2, 0.25) is 15.5 Å². The van der Waals surface area contributed by atoms with Gasteiger partial charge in [0.15, 0.2) is 16.9 Å². The lowest BCUT2D eigenvalue weighted by molar-refractivity contribution is 0.775. The van der Waals surface area contributed by atoms with Crippen molar-refractivity contribution in [1.82, 2.24) is 59.7 Å². The summed E-state index contributed by atoms with van der Waals surface area (Å²) in [6.45, 7) is 0. The van der Waals surface area contributed by atoms with Crippen molar-refractivity contribution in [2.75, 3.05) is 0 Å². The Morgan fingerprint density at radius 3 is 2.18 bits per heavy atom. The van der Waals surface area contributed by atoms with Gasteiger partial charge in [-0.1, -0.05) is 42.2 Å². The quantitative estimate of drug-likeness (QED) is 0.299. The minimum Gasteiger partial charge on any atom is -0.273 e. The van der Waals surface area contributed by atoms with Crippen molar-refractivity contribution >= 4 is 67.9 Å². The number of rotatable bonds is 0. The summed E-state index contributed by atoms with van der Waals surface area (Å²) >= 11 is 17.2. The molecule has 0 unspecified atom stereocenters. The predicted molar refractivity (Wildman–Crippen MR) is 128 cm³/mol. The Morgan fingerprint density at radius 2 is 1.52 bits per heavy atom. The topological polar surface area (TPSA) is 142 Å². The van der Waals surface area contributed by atoms with Crippen LogP contribution >= 0.6 is 34.8 Å². The number of aromatic nitrogens is 12. The van der Waals surface area contributed by atoms with Crippen LogP contribution in [-0.4, -0.2) is 59.7 Å². The van der Waals surface area contributed by atoms with Gasteiger partial charge < -0.3 is 0 Å². The molecule has 1 N–H and O–H groups in total. The molecular formula is C18H19Cl3N12. The third-order valence-corrected chi connectivity index (χ3v) is 4.97. The van der Waals surface area contributed by atoms with Crippen molar-refractivity contribution in [3.05, 3.63) is 53.0 Å². The van der Waals surface area contributed by atoms with E-state index < -0.39 is 0 Å². The highest BCUT2D eigenvalue weighted by molar-refractivity contribution is 6.34. The van der Waals surface area contributed by atoms with E-state index in [2.05, 4.69) is 50.3 Å².